The molecule has 0 saturated carbocycles. The molecule has 2 saturated heterocycles. The summed E-state index contributed by atoms with van der Waals surface area (Å²) in [4.78, 5) is 19.6. The predicted octanol–water partition coefficient (Wildman–Crippen LogP) is 0.555. The number of hydrogen-bond donors (Lipinski definition) is 1. The third kappa shape index (κ3) is 3.13. The zero-order valence-corrected chi connectivity index (χ0v) is 13.7. The summed E-state index contributed by atoms with van der Waals surface area (Å²) in [5.41, 5.74) is 2.42. The van der Waals surface area contributed by atoms with Gasteiger partial charge < -0.3 is 10.2 Å². The lowest BCUT2D eigenvalue weighted by Gasteiger charge is -2.37. The SMILES string of the molecule is O=C(CN1CCN(C2CCNC2)CC1)N1CCc2ccccc21. The number of fused-ring (bicyclic) bond motifs is 1. The van der Waals surface area contributed by atoms with E-state index in [4.69, 9.17) is 0 Å². The van der Waals surface area contributed by atoms with Crippen molar-refractivity contribution >= 4 is 11.6 Å². The van der Waals surface area contributed by atoms with Gasteiger partial charge >= 0.3 is 0 Å². The van der Waals surface area contributed by atoms with E-state index in [2.05, 4.69) is 33.3 Å². The van der Waals surface area contributed by atoms with Crippen molar-refractivity contribution in [3.05, 3.63) is 29.8 Å². The molecule has 3 heterocycles. The number of carbonyl (C=O) groups excluding carboxylic acids is 1. The molecule has 0 spiro atoms. The largest absolute Gasteiger partial charge is 0.315 e. The Labute approximate surface area is 138 Å². The second-order valence-corrected chi connectivity index (χ2v) is 6.88. The first-order valence-electron chi connectivity index (χ1n) is 8.86. The van der Waals surface area contributed by atoms with E-state index in [1.165, 1.54) is 12.0 Å². The molecule has 1 aromatic carbocycles. The highest BCUT2D eigenvalue weighted by atomic mass is 16.2. The lowest BCUT2D eigenvalue weighted by molar-refractivity contribution is -0.120. The van der Waals surface area contributed by atoms with Crippen LogP contribution in [0.2, 0.25) is 0 Å². The molecule has 1 atom stereocenters. The van der Waals surface area contributed by atoms with Crippen molar-refractivity contribution < 1.29 is 4.79 Å². The zero-order valence-electron chi connectivity index (χ0n) is 13.7. The van der Waals surface area contributed by atoms with Crippen LogP contribution < -0.4 is 10.2 Å². The number of nitrogens with zero attached hydrogens (tertiary/aromatic N) is 3. The van der Waals surface area contributed by atoms with E-state index in [-0.39, 0.29) is 5.91 Å². The van der Waals surface area contributed by atoms with Gasteiger partial charge in [0.25, 0.3) is 0 Å². The molecule has 0 aliphatic carbocycles. The number of piperazine rings is 1. The van der Waals surface area contributed by atoms with Gasteiger partial charge in [-0.1, -0.05) is 18.2 Å². The number of carbonyl (C=O) groups is 1. The molecule has 2 fully saturated rings. The molecule has 1 aromatic rings. The molecule has 0 aromatic heterocycles. The van der Waals surface area contributed by atoms with E-state index in [1.54, 1.807) is 0 Å². The second-order valence-electron chi connectivity index (χ2n) is 6.88. The summed E-state index contributed by atoms with van der Waals surface area (Å²) in [6, 6.07) is 9.00. The van der Waals surface area contributed by atoms with Crippen LogP contribution in [0.25, 0.3) is 0 Å². The fraction of sp³-hybridized carbons (Fsp3) is 0.611. The smallest absolute Gasteiger partial charge is 0.241 e. The molecule has 1 N–H and O–H groups in total. The molecule has 4 rings (SSSR count). The summed E-state index contributed by atoms with van der Waals surface area (Å²) in [6.45, 7) is 7.89. The standard InChI is InChI=1S/C18H26N4O/c23-18(22-8-6-15-3-1-2-4-17(15)22)14-20-9-11-21(12-10-20)16-5-7-19-13-16/h1-4,16,19H,5-14H2. The summed E-state index contributed by atoms with van der Waals surface area (Å²) in [5, 5.41) is 3.44. The Hall–Kier alpha value is -1.43. The Kier molecular flexibility index (Phi) is 4.33. The molecule has 5 heteroatoms. The van der Waals surface area contributed by atoms with Crippen LogP contribution in [-0.2, 0) is 11.2 Å². The maximum Gasteiger partial charge on any atom is 0.241 e. The van der Waals surface area contributed by atoms with Gasteiger partial charge in [0.2, 0.25) is 5.91 Å². The van der Waals surface area contributed by atoms with Gasteiger partial charge in [0.05, 0.1) is 6.54 Å². The number of anilines is 1. The summed E-state index contributed by atoms with van der Waals surface area (Å²) in [6.07, 6.45) is 2.26. The fourth-order valence-corrected chi connectivity index (χ4v) is 4.11. The zero-order chi connectivity index (χ0) is 15.6. The third-order valence-corrected chi connectivity index (χ3v) is 5.50. The van der Waals surface area contributed by atoms with Crippen molar-refractivity contribution in [1.82, 2.24) is 15.1 Å². The van der Waals surface area contributed by atoms with Gasteiger partial charge in [-0.25, -0.2) is 0 Å². The van der Waals surface area contributed by atoms with E-state index < -0.39 is 0 Å². The molecule has 0 bridgehead atoms. The third-order valence-electron chi connectivity index (χ3n) is 5.50. The number of benzene rings is 1. The Bertz CT molecular complexity index is 562. The van der Waals surface area contributed by atoms with Crippen molar-refractivity contribution in [3.8, 4) is 0 Å². The molecular weight excluding hydrogens is 288 g/mol. The minimum Gasteiger partial charge on any atom is -0.315 e. The average Bonchev–Trinajstić information content (AvgIpc) is 3.25. The Morgan fingerprint density at radius 1 is 1.13 bits per heavy atom. The first kappa shape index (κ1) is 15.1. The summed E-state index contributed by atoms with van der Waals surface area (Å²) < 4.78 is 0. The monoisotopic (exact) mass is 314 g/mol. The van der Waals surface area contributed by atoms with E-state index >= 15 is 0 Å². The minimum absolute atomic E-state index is 0.255. The van der Waals surface area contributed by atoms with E-state index in [9.17, 15) is 4.79 Å². The highest BCUT2D eigenvalue weighted by molar-refractivity contribution is 5.96. The van der Waals surface area contributed by atoms with Crippen LogP contribution in [0.3, 0.4) is 0 Å². The highest BCUT2D eigenvalue weighted by Crippen LogP contribution is 2.27. The lowest BCUT2D eigenvalue weighted by Crippen LogP contribution is -2.53. The van der Waals surface area contributed by atoms with E-state index in [0.717, 1.165) is 57.9 Å². The topological polar surface area (TPSA) is 38.8 Å². The number of nitrogens with one attached hydrogen (secondary N) is 1. The van der Waals surface area contributed by atoms with Crippen molar-refractivity contribution in [2.24, 2.45) is 0 Å². The molecule has 0 radical (unpaired) electrons. The quantitative estimate of drug-likeness (QED) is 0.885. The van der Waals surface area contributed by atoms with Gasteiger partial charge in [-0.15, -0.1) is 0 Å². The summed E-state index contributed by atoms with van der Waals surface area (Å²) in [5.74, 6) is 0.255. The summed E-state index contributed by atoms with van der Waals surface area (Å²) in [7, 11) is 0. The highest BCUT2D eigenvalue weighted by Gasteiger charge is 2.29. The van der Waals surface area contributed by atoms with E-state index in [0.29, 0.717) is 12.6 Å². The first-order valence-corrected chi connectivity index (χ1v) is 8.86. The Morgan fingerprint density at radius 2 is 1.96 bits per heavy atom. The number of rotatable bonds is 3. The van der Waals surface area contributed by atoms with Gasteiger partial charge in [-0.2, -0.15) is 0 Å². The van der Waals surface area contributed by atoms with Crippen molar-refractivity contribution in [3.63, 3.8) is 0 Å². The van der Waals surface area contributed by atoms with Crippen LogP contribution in [0.1, 0.15) is 12.0 Å². The fourth-order valence-electron chi connectivity index (χ4n) is 4.11. The van der Waals surface area contributed by atoms with Gasteiger partial charge in [-0.05, 0) is 31.0 Å². The number of hydrogen-bond acceptors (Lipinski definition) is 4. The van der Waals surface area contributed by atoms with Gasteiger partial charge in [0.15, 0.2) is 0 Å². The van der Waals surface area contributed by atoms with E-state index in [1.807, 2.05) is 11.0 Å². The predicted molar refractivity (Wildman–Crippen MR) is 91.8 cm³/mol. The van der Waals surface area contributed by atoms with Crippen LogP contribution in [-0.4, -0.2) is 74.1 Å². The Balaban J connectivity index is 1.30. The van der Waals surface area contributed by atoms with Crippen LogP contribution in [0.5, 0.6) is 0 Å². The molecule has 124 valence electrons. The van der Waals surface area contributed by atoms with Crippen molar-refractivity contribution in [2.75, 3.05) is 57.3 Å². The molecule has 5 nitrogen and oxygen atoms in total. The van der Waals surface area contributed by atoms with Crippen LogP contribution >= 0.6 is 0 Å². The van der Waals surface area contributed by atoms with Gasteiger partial charge in [0, 0.05) is 51.0 Å². The normalized spacial score (nSPS) is 25.7. The molecule has 3 aliphatic rings. The molecule has 3 aliphatic heterocycles. The maximum absolute atomic E-state index is 12.7. The maximum atomic E-state index is 12.7. The van der Waals surface area contributed by atoms with Crippen LogP contribution in [0, 0.1) is 0 Å². The number of para-hydroxylation sites is 1. The lowest BCUT2D eigenvalue weighted by atomic mass is 10.2. The molecular formula is C18H26N4O. The molecule has 23 heavy (non-hydrogen) atoms. The minimum atomic E-state index is 0.255. The first-order chi connectivity index (χ1) is 11.3. The van der Waals surface area contributed by atoms with Gasteiger partial charge in [-0.3, -0.25) is 14.6 Å². The van der Waals surface area contributed by atoms with Crippen LogP contribution in [0.15, 0.2) is 24.3 Å². The summed E-state index contributed by atoms with van der Waals surface area (Å²) >= 11 is 0. The van der Waals surface area contributed by atoms with Crippen molar-refractivity contribution in [2.45, 2.75) is 18.9 Å². The second kappa shape index (κ2) is 6.59. The number of amides is 1. The van der Waals surface area contributed by atoms with Crippen LogP contribution in [0.4, 0.5) is 5.69 Å². The van der Waals surface area contributed by atoms with Gasteiger partial charge in [0.1, 0.15) is 0 Å². The molecule has 1 unspecified atom stereocenters. The average molecular weight is 314 g/mol. The molecule has 1 amide bonds. The Morgan fingerprint density at radius 3 is 2.74 bits per heavy atom. The van der Waals surface area contributed by atoms with Crippen molar-refractivity contribution in [1.29, 1.82) is 0 Å².